The molecule has 1 aromatic rings. The van der Waals surface area contributed by atoms with Gasteiger partial charge in [-0.3, -0.25) is 0 Å². The van der Waals surface area contributed by atoms with Crippen LogP contribution in [-0.4, -0.2) is 19.6 Å². The van der Waals surface area contributed by atoms with Crippen LogP contribution in [0.1, 0.15) is 11.1 Å². The van der Waals surface area contributed by atoms with Gasteiger partial charge < -0.3 is 10.2 Å². The number of benzene rings is 1. The summed E-state index contributed by atoms with van der Waals surface area (Å²) in [6, 6.07) is 4.53. The van der Waals surface area contributed by atoms with Crippen LogP contribution in [0.3, 0.4) is 0 Å². The first-order chi connectivity index (χ1) is 6.86. The summed E-state index contributed by atoms with van der Waals surface area (Å²) >= 11 is 2.46. The molecule has 0 radical (unpaired) electrons. The zero-order valence-corrected chi connectivity index (χ0v) is 10.2. The van der Waals surface area contributed by atoms with E-state index in [1.807, 2.05) is 0 Å². The van der Waals surface area contributed by atoms with Crippen molar-refractivity contribution < 1.29 is 0 Å². The Morgan fingerprint density at radius 3 is 3.14 bits per heavy atom. The zero-order valence-electron chi connectivity index (χ0n) is 8.02. The van der Waals surface area contributed by atoms with Crippen LogP contribution in [0.25, 0.3) is 0 Å². The van der Waals surface area contributed by atoms with Crippen LogP contribution in [0.2, 0.25) is 0 Å². The van der Waals surface area contributed by atoms with Gasteiger partial charge in [-0.15, -0.1) is 0 Å². The normalized spacial score (nSPS) is 19.4. The van der Waals surface area contributed by atoms with E-state index >= 15 is 0 Å². The lowest BCUT2D eigenvalue weighted by Crippen LogP contribution is -2.27. The number of anilines is 1. The summed E-state index contributed by atoms with van der Waals surface area (Å²) in [5.74, 6) is 0. The summed E-state index contributed by atoms with van der Waals surface area (Å²) in [6.45, 7) is 4.53. The van der Waals surface area contributed by atoms with Crippen LogP contribution in [-0.2, 0) is 13.0 Å². The molecule has 0 aromatic heterocycles. The molecule has 2 aliphatic rings. The molecular formula is C11H13IN2. The van der Waals surface area contributed by atoms with Crippen molar-refractivity contribution in [3.05, 3.63) is 26.8 Å². The predicted octanol–water partition coefficient (Wildman–Crippen LogP) is 1.76. The van der Waals surface area contributed by atoms with E-state index in [4.69, 9.17) is 0 Å². The van der Waals surface area contributed by atoms with Gasteiger partial charge in [-0.05, 0) is 46.2 Å². The fourth-order valence-electron chi connectivity index (χ4n) is 2.45. The number of rotatable bonds is 0. The molecule has 0 saturated heterocycles. The van der Waals surface area contributed by atoms with Crippen LogP contribution in [0.4, 0.5) is 5.69 Å². The summed E-state index contributed by atoms with van der Waals surface area (Å²) in [7, 11) is 0. The van der Waals surface area contributed by atoms with E-state index in [1.165, 1.54) is 34.3 Å². The average Bonchev–Trinajstić information content (AvgIpc) is 2.51. The van der Waals surface area contributed by atoms with E-state index in [2.05, 4.69) is 44.9 Å². The molecule has 3 rings (SSSR count). The van der Waals surface area contributed by atoms with Gasteiger partial charge in [0.15, 0.2) is 0 Å². The fraction of sp³-hybridized carbons (Fsp3) is 0.455. The second-order valence-corrected chi connectivity index (χ2v) is 5.11. The molecule has 1 N–H and O–H groups in total. The molecule has 1 aromatic carbocycles. The molecule has 0 bridgehead atoms. The average molecular weight is 300 g/mol. The summed E-state index contributed by atoms with van der Waals surface area (Å²) in [5, 5.41) is 3.47. The van der Waals surface area contributed by atoms with Gasteiger partial charge in [0.05, 0.1) is 0 Å². The standard InChI is InChI=1S/C11H13IN2/c12-10-2-1-8-7-13-4-6-14-5-3-9(10)11(8)14/h1-2,13H,3-7H2. The highest BCUT2D eigenvalue weighted by atomic mass is 127. The highest BCUT2D eigenvalue weighted by Crippen LogP contribution is 2.35. The molecule has 0 fully saturated rings. The van der Waals surface area contributed by atoms with Crippen LogP contribution in [0, 0.1) is 3.57 Å². The van der Waals surface area contributed by atoms with E-state index in [-0.39, 0.29) is 0 Å². The minimum Gasteiger partial charge on any atom is -0.369 e. The first-order valence-corrected chi connectivity index (χ1v) is 6.20. The van der Waals surface area contributed by atoms with Crippen molar-refractivity contribution in [3.63, 3.8) is 0 Å². The maximum Gasteiger partial charge on any atom is 0.0456 e. The summed E-state index contributed by atoms with van der Waals surface area (Å²) in [4.78, 5) is 2.53. The molecule has 2 heterocycles. The number of hydrogen-bond acceptors (Lipinski definition) is 2. The number of nitrogens with one attached hydrogen (secondary N) is 1. The number of halogens is 1. The number of nitrogens with zero attached hydrogens (tertiary/aromatic N) is 1. The van der Waals surface area contributed by atoms with Gasteiger partial charge >= 0.3 is 0 Å². The Hall–Kier alpha value is -0.290. The molecule has 0 atom stereocenters. The molecule has 0 saturated carbocycles. The van der Waals surface area contributed by atoms with Crippen molar-refractivity contribution >= 4 is 28.3 Å². The van der Waals surface area contributed by atoms with Gasteiger partial charge in [0.2, 0.25) is 0 Å². The van der Waals surface area contributed by atoms with Gasteiger partial charge in [-0.2, -0.15) is 0 Å². The second-order valence-electron chi connectivity index (χ2n) is 3.95. The number of hydrogen-bond donors (Lipinski definition) is 1. The third-order valence-electron chi connectivity index (χ3n) is 3.13. The lowest BCUT2D eigenvalue weighted by atomic mass is 10.1. The van der Waals surface area contributed by atoms with Crippen molar-refractivity contribution in [2.24, 2.45) is 0 Å². The monoisotopic (exact) mass is 300 g/mol. The molecule has 0 spiro atoms. The van der Waals surface area contributed by atoms with Crippen molar-refractivity contribution in [3.8, 4) is 0 Å². The second kappa shape index (κ2) is 3.38. The minimum atomic E-state index is 1.04. The van der Waals surface area contributed by atoms with Gasteiger partial charge in [0.1, 0.15) is 0 Å². The van der Waals surface area contributed by atoms with Crippen molar-refractivity contribution in [2.45, 2.75) is 13.0 Å². The molecule has 0 unspecified atom stereocenters. The van der Waals surface area contributed by atoms with Crippen molar-refractivity contribution in [1.82, 2.24) is 5.32 Å². The van der Waals surface area contributed by atoms with Crippen LogP contribution >= 0.6 is 22.6 Å². The Bertz CT molecular complexity index is 376. The van der Waals surface area contributed by atoms with E-state index < -0.39 is 0 Å². The Morgan fingerprint density at radius 2 is 2.21 bits per heavy atom. The first-order valence-electron chi connectivity index (χ1n) is 5.12. The molecule has 74 valence electrons. The highest BCUT2D eigenvalue weighted by molar-refractivity contribution is 14.1. The van der Waals surface area contributed by atoms with E-state index in [9.17, 15) is 0 Å². The van der Waals surface area contributed by atoms with Gasteiger partial charge in [0.25, 0.3) is 0 Å². The fourth-order valence-corrected chi connectivity index (χ4v) is 3.16. The van der Waals surface area contributed by atoms with E-state index in [1.54, 1.807) is 5.56 Å². The van der Waals surface area contributed by atoms with E-state index in [0.717, 1.165) is 13.1 Å². The summed E-state index contributed by atoms with van der Waals surface area (Å²) < 4.78 is 1.44. The third-order valence-corrected chi connectivity index (χ3v) is 4.14. The van der Waals surface area contributed by atoms with Gasteiger partial charge in [-0.25, -0.2) is 0 Å². The minimum absolute atomic E-state index is 1.04. The van der Waals surface area contributed by atoms with E-state index in [0.29, 0.717) is 0 Å². The SMILES string of the molecule is Ic1ccc2c3c1CCN3CCNC2. The Labute approximate surface area is 97.8 Å². The summed E-state index contributed by atoms with van der Waals surface area (Å²) in [6.07, 6.45) is 1.24. The zero-order chi connectivity index (χ0) is 9.54. The predicted molar refractivity (Wildman–Crippen MR) is 66.8 cm³/mol. The Morgan fingerprint density at radius 1 is 1.29 bits per heavy atom. The maximum absolute atomic E-state index is 3.47. The Balaban J connectivity index is 2.20. The highest BCUT2D eigenvalue weighted by Gasteiger charge is 2.25. The molecule has 0 amide bonds. The molecule has 2 aliphatic heterocycles. The van der Waals surface area contributed by atoms with Gasteiger partial charge in [-0.1, -0.05) is 6.07 Å². The Kier molecular flexibility index (Phi) is 2.17. The summed E-state index contributed by atoms with van der Waals surface area (Å²) in [5.41, 5.74) is 4.59. The van der Waals surface area contributed by atoms with Gasteiger partial charge in [0, 0.05) is 35.4 Å². The lowest BCUT2D eigenvalue weighted by molar-refractivity contribution is 0.692. The van der Waals surface area contributed by atoms with Crippen LogP contribution < -0.4 is 10.2 Å². The quantitative estimate of drug-likeness (QED) is 0.735. The van der Waals surface area contributed by atoms with Crippen molar-refractivity contribution in [1.29, 1.82) is 0 Å². The first kappa shape index (κ1) is 8.97. The van der Waals surface area contributed by atoms with Crippen molar-refractivity contribution in [2.75, 3.05) is 24.5 Å². The molecule has 3 heteroatoms. The maximum atomic E-state index is 3.47. The molecule has 2 nitrogen and oxygen atoms in total. The third kappa shape index (κ3) is 1.26. The molecule has 14 heavy (non-hydrogen) atoms. The lowest BCUT2D eigenvalue weighted by Gasteiger charge is -2.18. The topological polar surface area (TPSA) is 15.3 Å². The smallest absolute Gasteiger partial charge is 0.0456 e. The molecular weight excluding hydrogens is 287 g/mol. The van der Waals surface area contributed by atoms with Crippen LogP contribution in [0.15, 0.2) is 12.1 Å². The van der Waals surface area contributed by atoms with Crippen LogP contribution in [0.5, 0.6) is 0 Å². The largest absolute Gasteiger partial charge is 0.369 e. The molecule has 0 aliphatic carbocycles.